The summed E-state index contributed by atoms with van der Waals surface area (Å²) in [6, 6.07) is 9.11. The van der Waals surface area contributed by atoms with Crippen LogP contribution in [0.3, 0.4) is 0 Å². The third-order valence-electron chi connectivity index (χ3n) is 4.34. The van der Waals surface area contributed by atoms with E-state index in [0.717, 1.165) is 22.2 Å². The summed E-state index contributed by atoms with van der Waals surface area (Å²) in [7, 11) is 1.53. The SMILES string of the molecule is COc1ccc(NC(C)=O)cc1NC(=O)Cn1cnc2cc(C)c(C)cc21. The van der Waals surface area contributed by atoms with Gasteiger partial charge in [0.2, 0.25) is 11.8 Å². The van der Waals surface area contributed by atoms with Crippen molar-refractivity contribution in [1.82, 2.24) is 9.55 Å². The lowest BCUT2D eigenvalue weighted by molar-refractivity contribution is -0.116. The quantitative estimate of drug-likeness (QED) is 0.726. The summed E-state index contributed by atoms with van der Waals surface area (Å²) in [5.41, 5.74) is 5.15. The second-order valence-corrected chi connectivity index (χ2v) is 6.44. The smallest absolute Gasteiger partial charge is 0.244 e. The first-order valence-corrected chi connectivity index (χ1v) is 8.55. The molecule has 2 N–H and O–H groups in total. The van der Waals surface area contributed by atoms with Crippen LogP contribution in [0.4, 0.5) is 11.4 Å². The first-order valence-electron chi connectivity index (χ1n) is 8.55. The highest BCUT2D eigenvalue weighted by atomic mass is 16.5. The van der Waals surface area contributed by atoms with Crippen molar-refractivity contribution in [3.8, 4) is 5.75 Å². The van der Waals surface area contributed by atoms with Gasteiger partial charge in [0.15, 0.2) is 0 Å². The van der Waals surface area contributed by atoms with Crippen molar-refractivity contribution in [2.24, 2.45) is 0 Å². The molecule has 3 rings (SSSR count). The minimum absolute atomic E-state index is 0.118. The number of nitrogens with one attached hydrogen (secondary N) is 2. The first kappa shape index (κ1) is 18.4. The van der Waals surface area contributed by atoms with Crippen molar-refractivity contribution >= 4 is 34.2 Å². The Morgan fingerprint density at radius 1 is 1.11 bits per heavy atom. The zero-order chi connectivity index (χ0) is 19.6. The Kier molecular flexibility index (Phi) is 5.12. The molecule has 0 fully saturated rings. The van der Waals surface area contributed by atoms with Gasteiger partial charge in [-0.05, 0) is 55.3 Å². The normalized spacial score (nSPS) is 10.7. The van der Waals surface area contributed by atoms with Crippen LogP contribution in [0, 0.1) is 13.8 Å². The molecule has 140 valence electrons. The van der Waals surface area contributed by atoms with Crippen LogP contribution in [0.1, 0.15) is 18.1 Å². The van der Waals surface area contributed by atoms with Gasteiger partial charge in [0.05, 0.1) is 30.2 Å². The summed E-state index contributed by atoms with van der Waals surface area (Å²) in [6.07, 6.45) is 1.66. The van der Waals surface area contributed by atoms with E-state index in [2.05, 4.69) is 15.6 Å². The summed E-state index contributed by atoms with van der Waals surface area (Å²) < 4.78 is 7.10. The monoisotopic (exact) mass is 366 g/mol. The molecule has 1 aromatic heterocycles. The van der Waals surface area contributed by atoms with Crippen LogP contribution in [0.25, 0.3) is 11.0 Å². The van der Waals surface area contributed by atoms with E-state index in [9.17, 15) is 9.59 Å². The lowest BCUT2D eigenvalue weighted by atomic mass is 10.1. The molecule has 0 radical (unpaired) electrons. The standard InChI is InChI=1S/C20H22N4O3/c1-12-7-16-18(8-13(12)2)24(11-21-16)10-20(26)23-17-9-15(22-14(3)25)5-6-19(17)27-4/h5-9,11H,10H2,1-4H3,(H,22,25)(H,23,26). The van der Waals surface area contributed by atoms with E-state index in [1.807, 2.05) is 26.0 Å². The summed E-state index contributed by atoms with van der Waals surface area (Å²) in [6.45, 7) is 5.61. The summed E-state index contributed by atoms with van der Waals surface area (Å²) in [5.74, 6) is 0.109. The lowest BCUT2D eigenvalue weighted by Crippen LogP contribution is -2.19. The second-order valence-electron chi connectivity index (χ2n) is 6.44. The average Bonchev–Trinajstić information content (AvgIpc) is 2.96. The van der Waals surface area contributed by atoms with Crippen LogP contribution in [0.15, 0.2) is 36.7 Å². The van der Waals surface area contributed by atoms with E-state index in [-0.39, 0.29) is 18.4 Å². The Bertz CT molecular complexity index is 1020. The number of aryl methyl sites for hydroxylation is 2. The number of carbonyl (C=O) groups is 2. The molecule has 0 aliphatic heterocycles. The molecule has 0 unspecified atom stereocenters. The van der Waals surface area contributed by atoms with Crippen LogP contribution in [-0.2, 0) is 16.1 Å². The van der Waals surface area contributed by atoms with Gasteiger partial charge in [0.25, 0.3) is 0 Å². The molecule has 7 nitrogen and oxygen atoms in total. The molecule has 0 saturated carbocycles. The number of rotatable bonds is 5. The van der Waals surface area contributed by atoms with Gasteiger partial charge >= 0.3 is 0 Å². The lowest BCUT2D eigenvalue weighted by Gasteiger charge is -2.13. The van der Waals surface area contributed by atoms with Crippen LogP contribution < -0.4 is 15.4 Å². The topological polar surface area (TPSA) is 85.3 Å². The van der Waals surface area contributed by atoms with Crippen molar-refractivity contribution in [3.63, 3.8) is 0 Å². The van der Waals surface area contributed by atoms with Crippen molar-refractivity contribution in [2.75, 3.05) is 17.7 Å². The number of ether oxygens (including phenoxy) is 1. The summed E-state index contributed by atoms with van der Waals surface area (Å²) >= 11 is 0. The molecule has 7 heteroatoms. The molecule has 0 aliphatic rings. The number of imidazole rings is 1. The zero-order valence-electron chi connectivity index (χ0n) is 15.8. The van der Waals surface area contributed by atoms with Crippen molar-refractivity contribution in [3.05, 3.63) is 47.8 Å². The van der Waals surface area contributed by atoms with E-state index in [1.165, 1.54) is 14.0 Å². The maximum Gasteiger partial charge on any atom is 0.244 e. The van der Waals surface area contributed by atoms with E-state index in [1.54, 1.807) is 29.1 Å². The van der Waals surface area contributed by atoms with Gasteiger partial charge in [-0.25, -0.2) is 4.98 Å². The molecule has 3 aromatic rings. The summed E-state index contributed by atoms with van der Waals surface area (Å²) in [4.78, 5) is 28.2. The Labute approximate surface area is 157 Å². The largest absolute Gasteiger partial charge is 0.495 e. The van der Waals surface area contributed by atoms with E-state index < -0.39 is 0 Å². The highest BCUT2D eigenvalue weighted by Gasteiger charge is 2.12. The third kappa shape index (κ3) is 4.08. The highest BCUT2D eigenvalue weighted by Crippen LogP contribution is 2.28. The first-order chi connectivity index (χ1) is 12.9. The van der Waals surface area contributed by atoms with Crippen molar-refractivity contribution < 1.29 is 14.3 Å². The zero-order valence-corrected chi connectivity index (χ0v) is 15.8. The number of hydrogen-bond acceptors (Lipinski definition) is 4. The molecule has 0 saturated heterocycles. The van der Waals surface area contributed by atoms with E-state index in [0.29, 0.717) is 17.1 Å². The fourth-order valence-electron chi connectivity index (χ4n) is 2.87. The molecule has 0 spiro atoms. The molecule has 2 amide bonds. The van der Waals surface area contributed by atoms with E-state index in [4.69, 9.17) is 4.74 Å². The number of amides is 2. The van der Waals surface area contributed by atoms with Crippen LogP contribution in [0.2, 0.25) is 0 Å². The van der Waals surface area contributed by atoms with Gasteiger partial charge < -0.3 is 19.9 Å². The number of aromatic nitrogens is 2. The molecule has 27 heavy (non-hydrogen) atoms. The third-order valence-corrected chi connectivity index (χ3v) is 4.34. The summed E-state index contributed by atoms with van der Waals surface area (Å²) in [5, 5.41) is 5.53. The van der Waals surface area contributed by atoms with Gasteiger partial charge in [0.1, 0.15) is 12.3 Å². The fourth-order valence-corrected chi connectivity index (χ4v) is 2.87. The fraction of sp³-hybridized carbons (Fsp3) is 0.250. The maximum absolute atomic E-state index is 12.6. The molecule has 1 heterocycles. The van der Waals surface area contributed by atoms with Crippen molar-refractivity contribution in [2.45, 2.75) is 27.3 Å². The Morgan fingerprint density at radius 2 is 1.85 bits per heavy atom. The minimum atomic E-state index is -0.217. The number of benzene rings is 2. The predicted octanol–water partition coefficient (Wildman–Crippen LogP) is 3.26. The average molecular weight is 366 g/mol. The van der Waals surface area contributed by atoms with Gasteiger partial charge in [-0.1, -0.05) is 0 Å². The van der Waals surface area contributed by atoms with Crippen molar-refractivity contribution in [1.29, 1.82) is 0 Å². The Morgan fingerprint density at radius 3 is 2.56 bits per heavy atom. The number of fused-ring (bicyclic) bond motifs is 1. The molecule has 0 atom stereocenters. The number of anilines is 2. The van der Waals surface area contributed by atoms with E-state index >= 15 is 0 Å². The van der Waals surface area contributed by atoms with Gasteiger partial charge in [-0.3, -0.25) is 9.59 Å². The molecule has 0 aliphatic carbocycles. The molecular weight excluding hydrogens is 344 g/mol. The minimum Gasteiger partial charge on any atom is -0.495 e. The van der Waals surface area contributed by atoms with Gasteiger partial charge in [-0.2, -0.15) is 0 Å². The van der Waals surface area contributed by atoms with Crippen LogP contribution in [0.5, 0.6) is 5.75 Å². The predicted molar refractivity (Wildman–Crippen MR) is 105 cm³/mol. The number of hydrogen-bond donors (Lipinski definition) is 2. The molecular formula is C20H22N4O3. The maximum atomic E-state index is 12.6. The van der Waals surface area contributed by atoms with Gasteiger partial charge in [-0.15, -0.1) is 0 Å². The van der Waals surface area contributed by atoms with Gasteiger partial charge in [0, 0.05) is 12.6 Å². The van der Waals surface area contributed by atoms with Crippen LogP contribution >= 0.6 is 0 Å². The number of carbonyl (C=O) groups excluding carboxylic acids is 2. The molecule has 2 aromatic carbocycles. The Hall–Kier alpha value is -3.35. The Balaban J connectivity index is 1.82. The van der Waals surface area contributed by atoms with Crippen LogP contribution in [-0.4, -0.2) is 28.5 Å². The number of methoxy groups -OCH3 is 1. The second kappa shape index (κ2) is 7.49. The highest BCUT2D eigenvalue weighted by molar-refractivity contribution is 5.95. The molecule has 0 bridgehead atoms. The number of nitrogens with zero attached hydrogens (tertiary/aromatic N) is 2.